The number of guanidine groups is 2. The van der Waals surface area contributed by atoms with E-state index in [1.165, 1.54) is 4.88 Å². The molecule has 0 aliphatic rings. The second-order valence-electron chi connectivity index (χ2n) is 3.55. The topological polar surface area (TPSA) is 103 Å². The van der Waals surface area contributed by atoms with Gasteiger partial charge in [0.15, 0.2) is 5.96 Å². The largest absolute Gasteiger partial charge is 0.370 e. The molecule has 0 saturated carbocycles. The Labute approximate surface area is 109 Å². The molecule has 0 saturated heterocycles. The van der Waals surface area contributed by atoms with E-state index in [9.17, 15) is 0 Å². The predicted molar refractivity (Wildman–Crippen MR) is 74.7 cm³/mol. The minimum atomic E-state index is -0.0769. The summed E-state index contributed by atoms with van der Waals surface area (Å²) in [5.41, 5.74) is 16.9. The number of hydrogen-bond acceptors (Lipinski definition) is 2. The molecule has 0 unspecified atom stereocenters. The van der Waals surface area contributed by atoms with Crippen molar-refractivity contribution >= 4 is 34.9 Å². The highest BCUT2D eigenvalue weighted by Gasteiger charge is 2.02. The Balaban J connectivity index is 2.36. The van der Waals surface area contributed by atoms with Gasteiger partial charge in [-0.15, -0.1) is 11.3 Å². The Morgan fingerprint density at radius 3 is 2.65 bits per heavy atom. The third-order valence-electron chi connectivity index (χ3n) is 2.01. The van der Waals surface area contributed by atoms with E-state index in [0.29, 0.717) is 6.54 Å². The van der Waals surface area contributed by atoms with Crippen molar-refractivity contribution in [1.29, 1.82) is 0 Å². The van der Waals surface area contributed by atoms with E-state index in [0.717, 1.165) is 22.7 Å². The lowest BCUT2D eigenvalue weighted by Crippen LogP contribution is -2.26. The molecule has 0 amide bonds. The van der Waals surface area contributed by atoms with E-state index in [2.05, 4.69) is 16.1 Å². The Bertz CT molecular complexity index is 414. The summed E-state index contributed by atoms with van der Waals surface area (Å²) in [6.45, 7) is 2.59. The van der Waals surface area contributed by atoms with Crippen LogP contribution >= 0.6 is 22.9 Å². The monoisotopic (exact) mass is 273 g/mol. The quantitative estimate of drug-likeness (QED) is 0.437. The summed E-state index contributed by atoms with van der Waals surface area (Å²) in [6.07, 6.45) is 1.81. The fourth-order valence-electron chi connectivity index (χ4n) is 1.26. The SMILES string of the molecule is Cc1cc(CCCN=C(N)N=C(N)N)sc1Cl. The molecule has 1 heterocycles. The zero-order chi connectivity index (χ0) is 12.8. The van der Waals surface area contributed by atoms with Crippen LogP contribution in [0.25, 0.3) is 0 Å². The van der Waals surface area contributed by atoms with Crippen molar-refractivity contribution < 1.29 is 0 Å². The van der Waals surface area contributed by atoms with E-state index >= 15 is 0 Å². The number of thiophene rings is 1. The average Bonchev–Trinajstić information content (AvgIpc) is 2.52. The van der Waals surface area contributed by atoms with Gasteiger partial charge in [0, 0.05) is 11.4 Å². The van der Waals surface area contributed by atoms with Gasteiger partial charge in [-0.2, -0.15) is 4.99 Å². The van der Waals surface area contributed by atoms with Crippen LogP contribution in [-0.4, -0.2) is 18.5 Å². The van der Waals surface area contributed by atoms with Crippen molar-refractivity contribution in [2.45, 2.75) is 19.8 Å². The molecule has 1 aromatic rings. The summed E-state index contributed by atoms with van der Waals surface area (Å²) < 4.78 is 0.850. The number of aliphatic imine (C=N–C) groups is 2. The van der Waals surface area contributed by atoms with Crippen LogP contribution in [0.1, 0.15) is 16.9 Å². The highest BCUT2D eigenvalue weighted by molar-refractivity contribution is 7.16. The Kier molecular flexibility index (Phi) is 5.24. The Hall–Kier alpha value is -1.27. The van der Waals surface area contributed by atoms with E-state index in [4.69, 9.17) is 28.8 Å². The first-order chi connectivity index (χ1) is 7.99. The highest BCUT2D eigenvalue weighted by Crippen LogP contribution is 2.27. The number of halogens is 1. The van der Waals surface area contributed by atoms with Gasteiger partial charge in [-0.25, -0.2) is 0 Å². The molecule has 94 valence electrons. The number of hydrogen-bond donors (Lipinski definition) is 3. The molecule has 0 aliphatic carbocycles. The molecule has 5 nitrogen and oxygen atoms in total. The fraction of sp³-hybridized carbons (Fsp3) is 0.400. The maximum Gasteiger partial charge on any atom is 0.218 e. The number of nitrogens with two attached hydrogens (primary N) is 3. The van der Waals surface area contributed by atoms with Gasteiger partial charge in [0.05, 0.1) is 4.34 Å². The first kappa shape index (κ1) is 13.8. The lowest BCUT2D eigenvalue weighted by molar-refractivity contribution is 0.841. The van der Waals surface area contributed by atoms with Crippen molar-refractivity contribution in [3.8, 4) is 0 Å². The second kappa shape index (κ2) is 6.46. The fourth-order valence-corrected chi connectivity index (χ4v) is 2.55. The van der Waals surface area contributed by atoms with Gasteiger partial charge in [0.1, 0.15) is 0 Å². The normalized spacial score (nSPS) is 11.5. The second-order valence-corrected chi connectivity index (χ2v) is 5.29. The van der Waals surface area contributed by atoms with E-state index in [1.807, 2.05) is 6.92 Å². The van der Waals surface area contributed by atoms with Gasteiger partial charge in [-0.3, -0.25) is 4.99 Å². The zero-order valence-corrected chi connectivity index (χ0v) is 11.2. The summed E-state index contributed by atoms with van der Waals surface area (Å²) >= 11 is 7.58. The summed E-state index contributed by atoms with van der Waals surface area (Å²) in [4.78, 5) is 8.90. The molecule has 0 spiro atoms. The smallest absolute Gasteiger partial charge is 0.218 e. The summed E-state index contributed by atoms with van der Waals surface area (Å²) in [6, 6.07) is 2.09. The third-order valence-corrected chi connectivity index (χ3v) is 3.62. The highest BCUT2D eigenvalue weighted by atomic mass is 35.5. The van der Waals surface area contributed by atoms with Crippen LogP contribution in [0.2, 0.25) is 4.34 Å². The lowest BCUT2D eigenvalue weighted by Gasteiger charge is -1.96. The van der Waals surface area contributed by atoms with Crippen molar-refractivity contribution in [1.82, 2.24) is 0 Å². The molecule has 0 radical (unpaired) electrons. The van der Waals surface area contributed by atoms with Crippen molar-refractivity contribution in [2.24, 2.45) is 27.2 Å². The Morgan fingerprint density at radius 1 is 1.41 bits per heavy atom. The van der Waals surface area contributed by atoms with Gasteiger partial charge >= 0.3 is 0 Å². The summed E-state index contributed by atoms with van der Waals surface area (Å²) in [5, 5.41) is 0. The minimum absolute atomic E-state index is 0.0769. The average molecular weight is 274 g/mol. The first-order valence-electron chi connectivity index (χ1n) is 5.13. The van der Waals surface area contributed by atoms with Crippen LogP contribution in [0.4, 0.5) is 0 Å². The van der Waals surface area contributed by atoms with Crippen LogP contribution in [0.3, 0.4) is 0 Å². The van der Waals surface area contributed by atoms with Crippen molar-refractivity contribution in [3.05, 3.63) is 20.8 Å². The van der Waals surface area contributed by atoms with Gasteiger partial charge < -0.3 is 17.2 Å². The summed E-state index contributed by atoms with van der Waals surface area (Å²) in [5.74, 6) is 0.0392. The number of nitrogens with zero attached hydrogens (tertiary/aromatic N) is 2. The molecule has 7 heteroatoms. The van der Waals surface area contributed by atoms with E-state index in [1.54, 1.807) is 11.3 Å². The van der Waals surface area contributed by atoms with Crippen LogP contribution in [0.15, 0.2) is 16.1 Å². The lowest BCUT2D eigenvalue weighted by atomic mass is 10.2. The molecule has 0 aliphatic heterocycles. The molecule has 17 heavy (non-hydrogen) atoms. The van der Waals surface area contributed by atoms with Crippen molar-refractivity contribution in [3.63, 3.8) is 0 Å². The molecule has 0 fully saturated rings. The molecule has 1 rings (SSSR count). The maximum absolute atomic E-state index is 5.98. The van der Waals surface area contributed by atoms with E-state index < -0.39 is 0 Å². The number of rotatable bonds is 4. The van der Waals surface area contributed by atoms with Gasteiger partial charge in [-0.05, 0) is 31.4 Å². The van der Waals surface area contributed by atoms with Gasteiger partial charge in [0.2, 0.25) is 5.96 Å². The molecule has 0 bridgehead atoms. The van der Waals surface area contributed by atoms with Crippen LogP contribution < -0.4 is 17.2 Å². The molecule has 0 atom stereocenters. The molecular formula is C10H16ClN5S. The first-order valence-corrected chi connectivity index (χ1v) is 6.33. The number of aryl methyl sites for hydroxylation is 2. The van der Waals surface area contributed by atoms with Crippen LogP contribution in [-0.2, 0) is 6.42 Å². The predicted octanol–water partition coefficient (Wildman–Crippen LogP) is 1.23. The molecule has 6 N–H and O–H groups in total. The molecule has 1 aromatic heterocycles. The zero-order valence-electron chi connectivity index (χ0n) is 9.61. The molecular weight excluding hydrogens is 258 g/mol. The van der Waals surface area contributed by atoms with E-state index in [-0.39, 0.29) is 11.9 Å². The molecule has 0 aromatic carbocycles. The Morgan fingerprint density at radius 2 is 2.12 bits per heavy atom. The standard InChI is InChI=1S/C10H16ClN5S/c1-6-5-7(17-8(6)11)3-2-4-15-10(14)16-9(12)13/h5H,2-4H2,1H3,(H6,12,13,14,15,16). The van der Waals surface area contributed by atoms with Gasteiger partial charge in [-0.1, -0.05) is 11.6 Å². The maximum atomic E-state index is 5.98. The summed E-state index contributed by atoms with van der Waals surface area (Å²) in [7, 11) is 0. The minimum Gasteiger partial charge on any atom is -0.370 e. The van der Waals surface area contributed by atoms with Crippen LogP contribution in [0.5, 0.6) is 0 Å². The van der Waals surface area contributed by atoms with Gasteiger partial charge in [0.25, 0.3) is 0 Å². The van der Waals surface area contributed by atoms with Crippen molar-refractivity contribution in [2.75, 3.05) is 6.54 Å². The van der Waals surface area contributed by atoms with Crippen LogP contribution in [0, 0.1) is 6.92 Å². The third kappa shape index (κ3) is 5.06.